The van der Waals surface area contributed by atoms with E-state index in [1.165, 1.54) is 4.90 Å². The molecule has 2 aromatic carbocycles. The Balaban J connectivity index is 1.14. The Morgan fingerprint density at radius 3 is 2.52 bits per heavy atom. The maximum atomic E-state index is 14.7. The zero-order chi connectivity index (χ0) is 40.8. The summed E-state index contributed by atoms with van der Waals surface area (Å²) in [4.78, 5) is 62.5. The number of amides is 4. The zero-order valence-corrected chi connectivity index (χ0v) is 33.7. The van der Waals surface area contributed by atoms with Gasteiger partial charge in [-0.1, -0.05) is 67.5 Å². The summed E-state index contributed by atoms with van der Waals surface area (Å²) < 4.78 is 46.6. The molecular weight excluding hydrogens is 763 g/mol. The summed E-state index contributed by atoms with van der Waals surface area (Å²) >= 11 is 0. The van der Waals surface area contributed by atoms with Crippen LogP contribution in [-0.4, -0.2) is 83.2 Å². The molecule has 2 aliphatic heterocycles. The van der Waals surface area contributed by atoms with Gasteiger partial charge in [-0.25, -0.2) is 18.2 Å². The second-order valence-electron chi connectivity index (χ2n) is 16.8. The van der Waals surface area contributed by atoms with E-state index in [9.17, 15) is 27.6 Å². The van der Waals surface area contributed by atoms with Crippen molar-refractivity contribution in [2.24, 2.45) is 5.92 Å². The van der Waals surface area contributed by atoms with Crippen molar-refractivity contribution in [2.75, 3.05) is 6.54 Å². The fourth-order valence-corrected chi connectivity index (χ4v) is 9.34. The van der Waals surface area contributed by atoms with Gasteiger partial charge in [0.05, 0.1) is 17.5 Å². The standard InChI is InChI=1S/C43H49N5O9S/c1-42(2,3)57-41(52)45-31-18-11-6-4-5-10-16-27-24-43(27,40(51)47-58(53,54)29-20-21-29)46-38(49)33-22-28(25-48(33)39(31)50)55-35-23-32(26-14-8-7-9-15-26)44-36-30-17-12-13-19-34(30)56-37(35)36/h7-10,12-17,19,23,27-29,31,33H,4-6,11,18,20-22,24-25H2,1-3H3,(H,45,52)(H,46,49)(H,47,51). The van der Waals surface area contributed by atoms with Crippen molar-refractivity contribution in [1.82, 2.24) is 25.2 Å². The van der Waals surface area contributed by atoms with Crippen LogP contribution in [0.1, 0.15) is 78.6 Å². The van der Waals surface area contributed by atoms with Crippen molar-refractivity contribution in [1.29, 1.82) is 0 Å². The Hall–Kier alpha value is -5.44. The van der Waals surface area contributed by atoms with Gasteiger partial charge in [-0.3, -0.25) is 19.1 Å². The van der Waals surface area contributed by atoms with Crippen molar-refractivity contribution in [3.05, 3.63) is 72.8 Å². The Bertz CT molecular complexity index is 2390. The highest BCUT2D eigenvalue weighted by Crippen LogP contribution is 2.46. The third-order valence-electron chi connectivity index (χ3n) is 11.2. The molecular formula is C43H49N5O9S. The zero-order valence-electron chi connectivity index (χ0n) is 32.9. The average molecular weight is 812 g/mol. The number of benzene rings is 2. The Morgan fingerprint density at radius 1 is 1.00 bits per heavy atom. The van der Waals surface area contributed by atoms with E-state index in [2.05, 4.69) is 15.4 Å². The van der Waals surface area contributed by atoms with Crippen molar-refractivity contribution in [3.8, 4) is 17.0 Å². The van der Waals surface area contributed by atoms with E-state index >= 15 is 0 Å². The van der Waals surface area contributed by atoms with Crippen molar-refractivity contribution in [3.63, 3.8) is 0 Å². The monoisotopic (exact) mass is 811 g/mol. The molecule has 4 aliphatic rings. The Morgan fingerprint density at radius 2 is 1.76 bits per heavy atom. The van der Waals surface area contributed by atoms with Gasteiger partial charge in [0.25, 0.3) is 5.91 Å². The smallest absolute Gasteiger partial charge is 0.408 e. The molecule has 2 saturated carbocycles. The Labute approximate surface area is 337 Å². The number of nitrogens with zero attached hydrogens (tertiary/aromatic N) is 2. The molecule has 4 amide bonds. The number of furan rings is 1. The average Bonchev–Trinajstić information content (AvgIpc) is 4.08. The van der Waals surface area contributed by atoms with E-state index in [0.29, 0.717) is 60.2 Å². The summed E-state index contributed by atoms with van der Waals surface area (Å²) in [6.45, 7) is 5.16. The largest absolute Gasteiger partial charge is 0.484 e. The van der Waals surface area contributed by atoms with Crippen LogP contribution in [0.4, 0.5) is 4.79 Å². The number of allylic oxidation sites excluding steroid dienone is 1. The van der Waals surface area contributed by atoms with Crippen LogP contribution in [-0.2, 0) is 29.1 Å². The number of sulfonamides is 1. The topological polar surface area (TPSA) is 186 Å². The van der Waals surface area contributed by atoms with Crippen LogP contribution in [0.25, 0.3) is 33.3 Å². The van der Waals surface area contributed by atoms with E-state index in [4.69, 9.17) is 18.9 Å². The Kier molecular flexibility index (Phi) is 10.4. The van der Waals surface area contributed by atoms with Gasteiger partial charge in [0.1, 0.15) is 40.4 Å². The fourth-order valence-electron chi connectivity index (χ4n) is 7.97. The number of hydrogen-bond acceptors (Lipinski definition) is 10. The van der Waals surface area contributed by atoms with Gasteiger partial charge in [-0.15, -0.1) is 0 Å². The number of ether oxygens (including phenoxy) is 2. The van der Waals surface area contributed by atoms with Crippen LogP contribution in [0.5, 0.6) is 5.75 Å². The van der Waals surface area contributed by atoms with Gasteiger partial charge in [0.15, 0.2) is 11.3 Å². The van der Waals surface area contributed by atoms with Gasteiger partial charge in [0, 0.05) is 29.4 Å². The first-order valence-electron chi connectivity index (χ1n) is 20.1. The number of carbonyl (C=O) groups is 4. The molecule has 8 rings (SSSR count). The van der Waals surface area contributed by atoms with Crippen LogP contribution in [0, 0.1) is 5.92 Å². The number of pyridine rings is 1. The van der Waals surface area contributed by atoms with Crippen LogP contribution < -0.4 is 20.1 Å². The van der Waals surface area contributed by atoms with Crippen LogP contribution in [0.3, 0.4) is 0 Å². The predicted octanol–water partition coefficient (Wildman–Crippen LogP) is 5.89. The number of fused-ring (bicyclic) bond motifs is 5. The van der Waals surface area contributed by atoms with Gasteiger partial charge in [-0.2, -0.15) is 0 Å². The second kappa shape index (κ2) is 15.4. The molecule has 15 heteroatoms. The number of nitrogens with one attached hydrogen (secondary N) is 3. The quantitative estimate of drug-likeness (QED) is 0.190. The molecule has 5 atom stereocenters. The molecule has 0 radical (unpaired) electrons. The lowest BCUT2D eigenvalue weighted by atomic mass is 10.0. The molecule has 2 aliphatic carbocycles. The molecule has 5 unspecified atom stereocenters. The van der Waals surface area contributed by atoms with Gasteiger partial charge in [0.2, 0.25) is 21.8 Å². The lowest BCUT2D eigenvalue weighted by Gasteiger charge is -2.30. The summed E-state index contributed by atoms with van der Waals surface area (Å²) in [5, 5.41) is 5.83. The maximum Gasteiger partial charge on any atom is 0.408 e. The van der Waals surface area contributed by atoms with Crippen molar-refractivity contribution < 1.29 is 41.5 Å². The third kappa shape index (κ3) is 8.27. The van der Waals surface area contributed by atoms with Crippen LogP contribution in [0.2, 0.25) is 0 Å². The highest BCUT2D eigenvalue weighted by Gasteiger charge is 2.62. The molecule has 3 fully saturated rings. The van der Waals surface area contributed by atoms with E-state index in [1.807, 2.05) is 66.7 Å². The number of alkyl carbamates (subject to hydrolysis) is 1. The molecule has 306 valence electrons. The summed E-state index contributed by atoms with van der Waals surface area (Å²) in [6.07, 6.45) is 6.63. The minimum Gasteiger partial charge on any atom is -0.484 e. The highest BCUT2D eigenvalue weighted by atomic mass is 32.2. The lowest BCUT2D eigenvalue weighted by molar-refractivity contribution is -0.141. The first-order valence-corrected chi connectivity index (χ1v) is 21.6. The lowest BCUT2D eigenvalue weighted by Crippen LogP contribution is -2.58. The fraction of sp³-hybridized carbons (Fsp3) is 0.465. The molecule has 2 aromatic heterocycles. The molecule has 4 aromatic rings. The van der Waals surface area contributed by atoms with Crippen molar-refractivity contribution in [2.45, 2.75) is 113 Å². The number of carbonyl (C=O) groups excluding carboxylic acids is 4. The predicted molar refractivity (Wildman–Crippen MR) is 216 cm³/mol. The van der Waals surface area contributed by atoms with Crippen molar-refractivity contribution >= 4 is 55.9 Å². The first kappa shape index (κ1) is 39.4. The molecule has 3 N–H and O–H groups in total. The molecule has 14 nitrogen and oxygen atoms in total. The van der Waals surface area contributed by atoms with Gasteiger partial charge in [-0.05, 0) is 71.4 Å². The van der Waals surface area contributed by atoms with E-state index in [0.717, 1.165) is 23.8 Å². The first-order chi connectivity index (χ1) is 27.7. The summed E-state index contributed by atoms with van der Waals surface area (Å²) in [5.41, 5.74) is 0.771. The van der Waals surface area contributed by atoms with E-state index < -0.39 is 74.3 Å². The minimum absolute atomic E-state index is 0.0278. The summed E-state index contributed by atoms with van der Waals surface area (Å²) in [5.74, 6) is -1.99. The van der Waals surface area contributed by atoms with Gasteiger partial charge < -0.3 is 29.4 Å². The van der Waals surface area contributed by atoms with Crippen LogP contribution in [0.15, 0.2) is 77.2 Å². The third-order valence-corrected chi connectivity index (χ3v) is 13.0. The molecule has 58 heavy (non-hydrogen) atoms. The summed E-state index contributed by atoms with van der Waals surface area (Å²) in [6, 6.07) is 16.8. The molecule has 0 spiro atoms. The molecule has 1 saturated heterocycles. The normalized spacial score (nSPS) is 25.5. The van der Waals surface area contributed by atoms with E-state index in [-0.39, 0.29) is 19.4 Å². The number of rotatable bonds is 7. The van der Waals surface area contributed by atoms with Gasteiger partial charge >= 0.3 is 6.09 Å². The highest BCUT2D eigenvalue weighted by molar-refractivity contribution is 7.91. The number of aromatic nitrogens is 1. The summed E-state index contributed by atoms with van der Waals surface area (Å²) in [7, 11) is -3.91. The van der Waals surface area contributed by atoms with E-state index in [1.54, 1.807) is 26.8 Å². The maximum absolute atomic E-state index is 14.7. The number of hydrogen-bond donors (Lipinski definition) is 3. The second-order valence-corrected chi connectivity index (χ2v) is 18.8. The number of para-hydroxylation sites is 1. The SMILES string of the molecule is CC(C)(C)OC(=O)NC1CCCCCC=CC2CC2(C(=O)NS(=O)(=O)C2CC2)NC(=O)C2CC(Oc3cc(-c4ccccc4)nc4c3oc3ccccc34)CN2C1=O. The molecule has 0 bridgehead atoms. The molecule has 4 heterocycles. The van der Waals surface area contributed by atoms with Crippen LogP contribution >= 0.6 is 0 Å². The minimum atomic E-state index is -3.91.